The van der Waals surface area contributed by atoms with E-state index in [0.29, 0.717) is 12.8 Å². The van der Waals surface area contributed by atoms with E-state index in [0.717, 1.165) is 0 Å². The van der Waals surface area contributed by atoms with Gasteiger partial charge in [0.1, 0.15) is 6.07 Å². The Morgan fingerprint density at radius 3 is 2.67 bits per heavy atom. The van der Waals surface area contributed by atoms with E-state index in [2.05, 4.69) is 4.72 Å². The van der Waals surface area contributed by atoms with Crippen LogP contribution in [0.1, 0.15) is 31.7 Å². The fraction of sp³-hybridized carbons (Fsp3) is 0.385. The number of benzene rings is 1. The van der Waals surface area contributed by atoms with Crippen LogP contribution in [0, 0.1) is 11.3 Å². The molecular formula is C13H15ClN2O4S. The van der Waals surface area contributed by atoms with E-state index in [-0.39, 0.29) is 21.9 Å². The monoisotopic (exact) mass is 330 g/mol. The molecule has 0 saturated carbocycles. The van der Waals surface area contributed by atoms with E-state index in [9.17, 15) is 13.2 Å². The van der Waals surface area contributed by atoms with Crippen molar-refractivity contribution in [3.63, 3.8) is 0 Å². The molecule has 2 N–H and O–H groups in total. The second kappa shape index (κ2) is 7.41. The third kappa shape index (κ3) is 5.01. The minimum Gasteiger partial charge on any atom is -0.481 e. The molecule has 0 aliphatic rings. The van der Waals surface area contributed by atoms with Gasteiger partial charge in [-0.05, 0) is 24.6 Å². The van der Waals surface area contributed by atoms with E-state index in [1.165, 1.54) is 18.2 Å². The fourth-order valence-corrected chi connectivity index (χ4v) is 3.39. The molecule has 0 fully saturated rings. The predicted molar refractivity (Wildman–Crippen MR) is 77.4 cm³/mol. The lowest BCUT2D eigenvalue weighted by molar-refractivity contribution is -0.137. The summed E-state index contributed by atoms with van der Waals surface area (Å²) in [7, 11) is -3.88. The van der Waals surface area contributed by atoms with Crippen LogP contribution in [0.25, 0.3) is 0 Å². The first-order valence-electron chi connectivity index (χ1n) is 6.24. The van der Waals surface area contributed by atoms with Crippen LogP contribution in [-0.2, 0) is 14.8 Å². The van der Waals surface area contributed by atoms with Gasteiger partial charge in [0, 0.05) is 6.04 Å². The third-order valence-corrected chi connectivity index (χ3v) is 4.58. The van der Waals surface area contributed by atoms with Crippen molar-refractivity contribution in [2.75, 3.05) is 0 Å². The van der Waals surface area contributed by atoms with Crippen molar-refractivity contribution in [2.45, 2.75) is 37.1 Å². The van der Waals surface area contributed by atoms with Crippen LogP contribution in [0.15, 0.2) is 23.1 Å². The number of nitriles is 1. The first kappa shape index (κ1) is 17.4. The zero-order valence-corrected chi connectivity index (χ0v) is 12.9. The highest BCUT2D eigenvalue weighted by atomic mass is 35.5. The molecule has 0 heterocycles. The van der Waals surface area contributed by atoms with Crippen molar-refractivity contribution in [3.05, 3.63) is 28.8 Å². The molecule has 1 aromatic rings. The highest BCUT2D eigenvalue weighted by Crippen LogP contribution is 2.20. The summed E-state index contributed by atoms with van der Waals surface area (Å²) in [4.78, 5) is 10.7. The number of halogens is 1. The van der Waals surface area contributed by atoms with Gasteiger partial charge in [-0.15, -0.1) is 0 Å². The normalized spacial score (nSPS) is 12.6. The van der Waals surface area contributed by atoms with Gasteiger partial charge < -0.3 is 5.11 Å². The number of carboxylic acids is 1. The minimum atomic E-state index is -3.88. The summed E-state index contributed by atoms with van der Waals surface area (Å²) < 4.78 is 26.8. The molecule has 6 nitrogen and oxygen atoms in total. The molecule has 1 atom stereocenters. The van der Waals surface area contributed by atoms with E-state index in [4.69, 9.17) is 22.0 Å². The molecule has 1 rings (SSSR count). The summed E-state index contributed by atoms with van der Waals surface area (Å²) in [6.45, 7) is 1.84. The Hall–Kier alpha value is -1.62. The van der Waals surface area contributed by atoms with Gasteiger partial charge in [-0.25, -0.2) is 13.1 Å². The quantitative estimate of drug-likeness (QED) is 0.796. The lowest BCUT2D eigenvalue weighted by atomic mass is 10.1. The summed E-state index contributed by atoms with van der Waals surface area (Å²) in [5, 5.41) is 17.6. The summed E-state index contributed by atoms with van der Waals surface area (Å²) in [6, 6.07) is 4.89. The lowest BCUT2D eigenvalue weighted by Crippen LogP contribution is -2.36. The predicted octanol–water partition coefficient (Wildman–Crippen LogP) is 2.13. The zero-order valence-electron chi connectivity index (χ0n) is 11.3. The number of aliphatic carboxylic acids is 1. The smallest absolute Gasteiger partial charge is 0.304 e. The second-order valence-electron chi connectivity index (χ2n) is 4.46. The maximum absolute atomic E-state index is 12.2. The Morgan fingerprint density at radius 1 is 1.52 bits per heavy atom. The standard InChI is InChI=1S/C13H15ClN2O4S/c1-2-3-10(6-13(17)18)16-21(19,20)11-5-4-9(8-15)12(14)7-11/h4-5,7,10,16H,2-3,6H2,1H3,(H,17,18). The van der Waals surface area contributed by atoms with Gasteiger partial charge in [0.05, 0.1) is 21.9 Å². The average Bonchev–Trinajstić information content (AvgIpc) is 2.37. The highest BCUT2D eigenvalue weighted by Gasteiger charge is 2.22. The van der Waals surface area contributed by atoms with E-state index >= 15 is 0 Å². The maximum atomic E-state index is 12.2. The van der Waals surface area contributed by atoms with Gasteiger partial charge in [-0.3, -0.25) is 4.79 Å². The average molecular weight is 331 g/mol. The summed E-state index contributed by atoms with van der Waals surface area (Å²) >= 11 is 5.81. The van der Waals surface area contributed by atoms with Crippen molar-refractivity contribution in [1.82, 2.24) is 4.72 Å². The van der Waals surface area contributed by atoms with Gasteiger partial charge in [-0.2, -0.15) is 5.26 Å². The highest BCUT2D eigenvalue weighted by molar-refractivity contribution is 7.89. The number of sulfonamides is 1. The lowest BCUT2D eigenvalue weighted by Gasteiger charge is -2.16. The zero-order chi connectivity index (χ0) is 16.0. The molecule has 0 aliphatic carbocycles. The molecule has 0 spiro atoms. The molecule has 1 unspecified atom stereocenters. The Bertz CT molecular complexity index is 667. The molecule has 0 aliphatic heterocycles. The maximum Gasteiger partial charge on any atom is 0.304 e. The Kier molecular flexibility index (Phi) is 6.15. The van der Waals surface area contributed by atoms with Crippen molar-refractivity contribution >= 4 is 27.6 Å². The molecule has 21 heavy (non-hydrogen) atoms. The van der Waals surface area contributed by atoms with E-state index in [1.54, 1.807) is 0 Å². The topological polar surface area (TPSA) is 107 Å². The molecule has 0 saturated heterocycles. The minimum absolute atomic E-state index is 0.0330. The first-order valence-corrected chi connectivity index (χ1v) is 8.10. The number of nitrogens with zero attached hydrogens (tertiary/aromatic N) is 1. The molecular weight excluding hydrogens is 316 g/mol. The number of hydrogen-bond donors (Lipinski definition) is 2. The number of hydrogen-bond acceptors (Lipinski definition) is 4. The molecule has 1 aromatic carbocycles. The van der Waals surface area contributed by atoms with Crippen LogP contribution in [0.4, 0.5) is 0 Å². The van der Waals surface area contributed by atoms with Crippen molar-refractivity contribution in [3.8, 4) is 6.07 Å². The van der Waals surface area contributed by atoms with Crippen LogP contribution < -0.4 is 4.72 Å². The molecule has 0 bridgehead atoms. The number of rotatable bonds is 7. The Morgan fingerprint density at radius 2 is 2.19 bits per heavy atom. The van der Waals surface area contributed by atoms with Gasteiger partial charge >= 0.3 is 5.97 Å². The third-order valence-electron chi connectivity index (χ3n) is 2.75. The van der Waals surface area contributed by atoms with E-state index in [1.807, 2.05) is 13.0 Å². The van der Waals surface area contributed by atoms with E-state index < -0.39 is 22.0 Å². The van der Waals surface area contributed by atoms with Crippen LogP contribution in [0.3, 0.4) is 0 Å². The SMILES string of the molecule is CCCC(CC(=O)O)NS(=O)(=O)c1ccc(C#N)c(Cl)c1. The Labute approximate surface area is 128 Å². The first-order chi connectivity index (χ1) is 9.80. The van der Waals surface area contributed by atoms with Gasteiger partial charge in [-0.1, -0.05) is 24.9 Å². The summed E-state index contributed by atoms with van der Waals surface area (Å²) in [5.74, 6) is -1.07. The summed E-state index contributed by atoms with van der Waals surface area (Å²) in [6.07, 6.45) is 0.765. The van der Waals surface area contributed by atoms with Gasteiger partial charge in [0.15, 0.2) is 0 Å². The van der Waals surface area contributed by atoms with Gasteiger partial charge in [0.25, 0.3) is 0 Å². The molecule has 0 aromatic heterocycles. The van der Waals surface area contributed by atoms with Crippen molar-refractivity contribution < 1.29 is 18.3 Å². The largest absolute Gasteiger partial charge is 0.481 e. The van der Waals surface area contributed by atoms with Crippen LogP contribution in [-0.4, -0.2) is 25.5 Å². The van der Waals surface area contributed by atoms with Crippen LogP contribution in [0.2, 0.25) is 5.02 Å². The van der Waals surface area contributed by atoms with Crippen LogP contribution >= 0.6 is 11.6 Å². The summed E-state index contributed by atoms with van der Waals surface area (Å²) in [5.41, 5.74) is 0.172. The number of carboxylic acid groups (broad SMARTS) is 1. The van der Waals surface area contributed by atoms with Crippen molar-refractivity contribution in [2.24, 2.45) is 0 Å². The van der Waals surface area contributed by atoms with Crippen LogP contribution in [0.5, 0.6) is 0 Å². The molecule has 114 valence electrons. The molecule has 0 amide bonds. The number of carbonyl (C=O) groups is 1. The number of nitrogens with one attached hydrogen (secondary N) is 1. The molecule has 0 radical (unpaired) electrons. The fourth-order valence-electron chi connectivity index (χ4n) is 1.80. The molecule has 8 heteroatoms. The second-order valence-corrected chi connectivity index (χ2v) is 6.58. The van der Waals surface area contributed by atoms with Gasteiger partial charge in [0.2, 0.25) is 10.0 Å². The van der Waals surface area contributed by atoms with Crippen molar-refractivity contribution in [1.29, 1.82) is 5.26 Å². The Balaban J connectivity index is 3.01.